The van der Waals surface area contributed by atoms with Crippen molar-refractivity contribution >= 4 is 33.0 Å². The van der Waals surface area contributed by atoms with Crippen molar-refractivity contribution in [1.82, 2.24) is 0 Å². The molecule has 0 aliphatic heterocycles. The molecule has 1 aromatic carbocycles. The Labute approximate surface area is 83.4 Å². The van der Waals surface area contributed by atoms with E-state index in [1.807, 2.05) is 0 Å². The van der Waals surface area contributed by atoms with Crippen LogP contribution in [-0.2, 0) is 6.61 Å². The first-order valence-corrected chi connectivity index (χ1v) is 4.89. The smallest absolute Gasteiger partial charge is 0.146 e. The van der Waals surface area contributed by atoms with Crippen LogP contribution in [0.15, 0.2) is 18.2 Å². The summed E-state index contributed by atoms with van der Waals surface area (Å²) < 4.78 is 14.5. The molecule has 1 heterocycles. The van der Waals surface area contributed by atoms with E-state index in [9.17, 15) is 4.39 Å². The first-order valence-electron chi connectivity index (χ1n) is 3.69. The summed E-state index contributed by atoms with van der Waals surface area (Å²) >= 11 is 6.93. The summed E-state index contributed by atoms with van der Waals surface area (Å²) in [5, 5.41) is 9.60. The summed E-state index contributed by atoms with van der Waals surface area (Å²) in [5.74, 6) is -0.364. The highest BCUT2D eigenvalue weighted by molar-refractivity contribution is 7.22. The molecule has 2 rings (SSSR count). The zero-order valence-corrected chi connectivity index (χ0v) is 8.12. The van der Waals surface area contributed by atoms with Gasteiger partial charge in [0.25, 0.3) is 0 Å². The molecule has 0 radical (unpaired) electrons. The fourth-order valence-corrected chi connectivity index (χ4v) is 2.40. The zero-order valence-electron chi connectivity index (χ0n) is 6.55. The molecule has 0 aliphatic carbocycles. The largest absolute Gasteiger partial charge is 0.392 e. The van der Waals surface area contributed by atoms with E-state index in [2.05, 4.69) is 0 Å². The maximum absolute atomic E-state index is 13.5. The van der Waals surface area contributed by atoms with Gasteiger partial charge in [-0.2, -0.15) is 0 Å². The molecule has 0 saturated carbocycles. The fourth-order valence-electron chi connectivity index (χ4n) is 1.20. The van der Waals surface area contributed by atoms with Crippen LogP contribution in [0, 0.1) is 5.82 Å². The van der Waals surface area contributed by atoms with Gasteiger partial charge in [-0.25, -0.2) is 4.39 Å². The average Bonchev–Trinajstić information content (AvgIpc) is 2.47. The van der Waals surface area contributed by atoms with Gasteiger partial charge in [-0.3, -0.25) is 0 Å². The van der Waals surface area contributed by atoms with Crippen LogP contribution in [0.25, 0.3) is 10.1 Å². The van der Waals surface area contributed by atoms with Crippen LogP contribution in [0.1, 0.15) is 5.56 Å². The number of hydrogen-bond donors (Lipinski definition) is 1. The number of hydrogen-bond acceptors (Lipinski definition) is 2. The molecule has 0 bridgehead atoms. The van der Waals surface area contributed by atoms with Crippen LogP contribution in [-0.4, -0.2) is 5.11 Å². The Hall–Kier alpha value is -0.640. The van der Waals surface area contributed by atoms with Gasteiger partial charge in [0.15, 0.2) is 0 Å². The number of aliphatic hydroxyl groups is 1. The average molecular weight is 217 g/mol. The molecule has 1 nitrogen and oxygen atoms in total. The molecule has 2 aromatic rings. The van der Waals surface area contributed by atoms with E-state index < -0.39 is 0 Å². The molecule has 0 unspecified atom stereocenters. The van der Waals surface area contributed by atoms with Crippen molar-refractivity contribution < 1.29 is 9.50 Å². The number of aliphatic hydroxyl groups excluding tert-OH is 1. The minimum Gasteiger partial charge on any atom is -0.392 e. The fraction of sp³-hybridized carbons (Fsp3) is 0.111. The number of halogens is 2. The number of benzene rings is 1. The predicted octanol–water partition coefficient (Wildman–Crippen LogP) is 3.19. The van der Waals surface area contributed by atoms with E-state index in [0.29, 0.717) is 14.6 Å². The summed E-state index contributed by atoms with van der Waals surface area (Å²) in [7, 11) is 0. The minimum absolute atomic E-state index is 0.280. The van der Waals surface area contributed by atoms with Gasteiger partial charge >= 0.3 is 0 Å². The normalized spacial score (nSPS) is 11.0. The van der Waals surface area contributed by atoms with Gasteiger partial charge in [0.1, 0.15) is 5.82 Å². The molecule has 0 spiro atoms. The second kappa shape index (κ2) is 3.25. The molecule has 0 aliphatic rings. The molecule has 0 amide bonds. The number of thiophene rings is 1. The molecule has 1 N–H and O–H groups in total. The molecule has 0 fully saturated rings. The molecule has 4 heteroatoms. The van der Waals surface area contributed by atoms with Crippen molar-refractivity contribution in [3.05, 3.63) is 33.9 Å². The van der Waals surface area contributed by atoms with Crippen molar-refractivity contribution in [3.8, 4) is 0 Å². The lowest BCUT2D eigenvalue weighted by molar-refractivity contribution is 0.276. The van der Waals surface area contributed by atoms with Crippen LogP contribution >= 0.6 is 22.9 Å². The topological polar surface area (TPSA) is 20.2 Å². The Morgan fingerprint density at radius 2 is 2.23 bits per heavy atom. The first kappa shape index (κ1) is 8.94. The molecule has 1 aromatic heterocycles. The maximum atomic E-state index is 13.5. The molecule has 68 valence electrons. The van der Waals surface area contributed by atoms with Crippen molar-refractivity contribution in [3.63, 3.8) is 0 Å². The van der Waals surface area contributed by atoms with Crippen LogP contribution < -0.4 is 0 Å². The van der Waals surface area contributed by atoms with Crippen molar-refractivity contribution in [1.29, 1.82) is 0 Å². The van der Waals surface area contributed by atoms with Gasteiger partial charge in [-0.15, -0.1) is 11.3 Å². The van der Waals surface area contributed by atoms with Gasteiger partial charge in [0, 0.05) is 5.56 Å². The monoisotopic (exact) mass is 216 g/mol. The predicted molar refractivity (Wildman–Crippen MR) is 52.7 cm³/mol. The summed E-state index contributed by atoms with van der Waals surface area (Å²) in [4.78, 5) is 0. The van der Waals surface area contributed by atoms with Crippen molar-refractivity contribution in [2.45, 2.75) is 6.61 Å². The highest BCUT2D eigenvalue weighted by Crippen LogP contribution is 2.32. The first-order chi connectivity index (χ1) is 6.22. The van der Waals surface area contributed by atoms with Crippen LogP contribution in [0.2, 0.25) is 4.34 Å². The highest BCUT2D eigenvalue weighted by Gasteiger charge is 2.09. The second-order valence-electron chi connectivity index (χ2n) is 2.67. The molecular weight excluding hydrogens is 211 g/mol. The molecule has 13 heavy (non-hydrogen) atoms. The van der Waals surface area contributed by atoms with Gasteiger partial charge < -0.3 is 5.11 Å². The maximum Gasteiger partial charge on any atom is 0.146 e. The quantitative estimate of drug-likeness (QED) is 0.776. The Morgan fingerprint density at radius 1 is 1.46 bits per heavy atom. The van der Waals surface area contributed by atoms with E-state index >= 15 is 0 Å². The SMILES string of the molecule is OCc1ccc2cc(Cl)sc2c1F. The zero-order chi connectivity index (χ0) is 9.42. The summed E-state index contributed by atoms with van der Waals surface area (Å²) in [6, 6.07) is 5.04. The lowest BCUT2D eigenvalue weighted by Gasteiger charge is -1.98. The summed E-state index contributed by atoms with van der Waals surface area (Å²) in [6.45, 7) is -0.280. The van der Waals surface area contributed by atoms with Crippen LogP contribution in [0.4, 0.5) is 4.39 Å². The Kier molecular flexibility index (Phi) is 2.24. The number of rotatable bonds is 1. The lowest BCUT2D eigenvalue weighted by atomic mass is 10.2. The third-order valence-corrected chi connectivity index (χ3v) is 3.12. The minimum atomic E-state index is -0.364. The van der Waals surface area contributed by atoms with E-state index in [1.165, 1.54) is 11.3 Å². The summed E-state index contributed by atoms with van der Waals surface area (Å²) in [6.07, 6.45) is 0. The van der Waals surface area contributed by atoms with Crippen LogP contribution in [0.5, 0.6) is 0 Å². The Bertz CT molecular complexity index is 452. The van der Waals surface area contributed by atoms with Crippen molar-refractivity contribution in [2.24, 2.45) is 0 Å². The number of fused-ring (bicyclic) bond motifs is 1. The van der Waals surface area contributed by atoms with E-state index in [0.717, 1.165) is 5.39 Å². The lowest BCUT2D eigenvalue weighted by Crippen LogP contribution is -1.88. The molecular formula is C9H6ClFOS. The van der Waals surface area contributed by atoms with Gasteiger partial charge in [0.2, 0.25) is 0 Å². The molecule has 0 atom stereocenters. The van der Waals surface area contributed by atoms with Crippen molar-refractivity contribution in [2.75, 3.05) is 0 Å². The van der Waals surface area contributed by atoms with Crippen LogP contribution in [0.3, 0.4) is 0 Å². The Balaban J connectivity index is 2.78. The third kappa shape index (κ3) is 1.43. The van der Waals surface area contributed by atoms with E-state index in [-0.39, 0.29) is 12.4 Å². The third-order valence-electron chi connectivity index (χ3n) is 1.85. The highest BCUT2D eigenvalue weighted by atomic mass is 35.5. The Morgan fingerprint density at radius 3 is 2.92 bits per heavy atom. The van der Waals surface area contributed by atoms with E-state index in [4.69, 9.17) is 16.7 Å². The standard InChI is InChI=1S/C9H6ClFOS/c10-7-3-5-1-2-6(4-12)8(11)9(5)13-7/h1-3,12H,4H2. The van der Waals surface area contributed by atoms with Gasteiger partial charge in [-0.1, -0.05) is 23.7 Å². The molecule has 0 saturated heterocycles. The second-order valence-corrected chi connectivity index (χ2v) is 4.35. The summed E-state index contributed by atoms with van der Waals surface area (Å²) in [5.41, 5.74) is 0.311. The van der Waals surface area contributed by atoms with E-state index in [1.54, 1.807) is 18.2 Å². The van der Waals surface area contributed by atoms with Gasteiger partial charge in [0.05, 0.1) is 15.6 Å². The van der Waals surface area contributed by atoms with Gasteiger partial charge in [-0.05, 0) is 11.5 Å².